The molecule has 0 fully saturated rings. The van der Waals surface area contributed by atoms with E-state index in [0.29, 0.717) is 11.3 Å². The van der Waals surface area contributed by atoms with Crippen LogP contribution in [-0.2, 0) is 20.9 Å². The molecule has 0 bridgehead atoms. The van der Waals surface area contributed by atoms with Crippen LogP contribution < -0.4 is 5.32 Å². The number of ether oxygens (including phenoxy) is 1. The van der Waals surface area contributed by atoms with Crippen LogP contribution in [0.4, 0.5) is 8.78 Å². The van der Waals surface area contributed by atoms with Crippen molar-refractivity contribution in [2.45, 2.75) is 25.9 Å². The van der Waals surface area contributed by atoms with Gasteiger partial charge in [-0.25, -0.2) is 13.6 Å². The summed E-state index contributed by atoms with van der Waals surface area (Å²) in [5.74, 6) is -3.59. The highest BCUT2D eigenvalue weighted by atomic mass is 19.2. The maximum atomic E-state index is 13.6. The Bertz CT molecular complexity index is 878. The van der Waals surface area contributed by atoms with Crippen molar-refractivity contribution >= 4 is 11.9 Å². The van der Waals surface area contributed by atoms with E-state index in [1.807, 2.05) is 30.3 Å². The zero-order valence-electron chi connectivity index (χ0n) is 14.1. The number of hydrogen-bond acceptors (Lipinski definition) is 3. The van der Waals surface area contributed by atoms with E-state index in [4.69, 9.17) is 4.74 Å². The number of esters is 1. The summed E-state index contributed by atoms with van der Waals surface area (Å²) in [4.78, 5) is 24.5. The molecule has 0 radical (unpaired) electrons. The predicted octanol–water partition coefficient (Wildman–Crippen LogP) is 3.59. The molecule has 4 nitrogen and oxygen atoms in total. The van der Waals surface area contributed by atoms with Gasteiger partial charge in [-0.1, -0.05) is 36.4 Å². The average molecular weight is 357 g/mol. The number of amides is 1. The normalized spacial score (nSPS) is 17.0. The number of benzene rings is 2. The van der Waals surface area contributed by atoms with Crippen LogP contribution in [0.3, 0.4) is 0 Å². The van der Waals surface area contributed by atoms with Gasteiger partial charge in [-0.05, 0) is 30.2 Å². The van der Waals surface area contributed by atoms with Crippen LogP contribution in [0.2, 0.25) is 0 Å². The monoisotopic (exact) mass is 357 g/mol. The minimum atomic E-state index is -1.02. The Morgan fingerprint density at radius 3 is 2.58 bits per heavy atom. The topological polar surface area (TPSA) is 55.4 Å². The van der Waals surface area contributed by atoms with Crippen molar-refractivity contribution in [3.05, 3.63) is 82.6 Å². The Balaban J connectivity index is 1.87. The molecular weight excluding hydrogens is 340 g/mol. The van der Waals surface area contributed by atoms with Gasteiger partial charge >= 0.3 is 5.97 Å². The fraction of sp³-hybridized carbons (Fsp3) is 0.200. The van der Waals surface area contributed by atoms with E-state index in [9.17, 15) is 18.4 Å². The number of carbonyl (C=O) groups is 2. The van der Waals surface area contributed by atoms with Gasteiger partial charge < -0.3 is 10.1 Å². The van der Waals surface area contributed by atoms with Gasteiger partial charge in [-0.15, -0.1) is 0 Å². The van der Waals surface area contributed by atoms with Crippen LogP contribution in [0.5, 0.6) is 0 Å². The van der Waals surface area contributed by atoms with Crippen LogP contribution in [0.25, 0.3) is 0 Å². The van der Waals surface area contributed by atoms with E-state index in [2.05, 4.69) is 5.32 Å². The molecule has 6 heteroatoms. The van der Waals surface area contributed by atoms with Crippen molar-refractivity contribution in [1.29, 1.82) is 0 Å². The lowest BCUT2D eigenvalue weighted by Crippen LogP contribution is -2.34. The van der Waals surface area contributed by atoms with Crippen LogP contribution in [0.15, 0.2) is 59.8 Å². The lowest BCUT2D eigenvalue weighted by molar-refractivity contribution is -0.141. The van der Waals surface area contributed by atoms with E-state index < -0.39 is 23.5 Å². The summed E-state index contributed by atoms with van der Waals surface area (Å²) in [7, 11) is 0. The van der Waals surface area contributed by atoms with Crippen molar-refractivity contribution in [2.75, 3.05) is 0 Å². The SMILES string of the molecule is CC1=C(C(=O)OCc2ccccc2)C(c2ccc(F)c(F)c2)CC(=O)N1. The Kier molecular flexibility index (Phi) is 5.11. The Morgan fingerprint density at radius 2 is 1.88 bits per heavy atom. The zero-order chi connectivity index (χ0) is 18.7. The highest BCUT2D eigenvalue weighted by Gasteiger charge is 2.33. The number of rotatable bonds is 4. The first-order valence-corrected chi connectivity index (χ1v) is 8.12. The predicted molar refractivity (Wildman–Crippen MR) is 90.8 cm³/mol. The van der Waals surface area contributed by atoms with Crippen LogP contribution in [0.1, 0.15) is 30.4 Å². The van der Waals surface area contributed by atoms with Crippen molar-refractivity contribution in [1.82, 2.24) is 5.32 Å². The summed E-state index contributed by atoms with van der Waals surface area (Å²) >= 11 is 0. The van der Waals surface area contributed by atoms with E-state index in [1.54, 1.807) is 6.92 Å². The molecule has 1 unspecified atom stereocenters. The summed E-state index contributed by atoms with van der Waals surface area (Å²) in [5.41, 5.74) is 1.77. The fourth-order valence-corrected chi connectivity index (χ4v) is 2.99. The van der Waals surface area contributed by atoms with Crippen molar-refractivity contribution in [2.24, 2.45) is 0 Å². The average Bonchev–Trinajstić information content (AvgIpc) is 2.62. The first-order valence-electron chi connectivity index (χ1n) is 8.12. The molecule has 1 atom stereocenters. The van der Waals surface area contributed by atoms with Crippen molar-refractivity contribution in [3.8, 4) is 0 Å². The van der Waals surface area contributed by atoms with E-state index in [0.717, 1.165) is 17.7 Å². The third kappa shape index (κ3) is 3.79. The highest BCUT2D eigenvalue weighted by Crippen LogP contribution is 2.34. The molecule has 2 aromatic carbocycles. The Labute approximate surface area is 149 Å². The van der Waals surface area contributed by atoms with E-state index >= 15 is 0 Å². The van der Waals surface area contributed by atoms with Gasteiger partial charge in [0, 0.05) is 18.0 Å². The standard InChI is InChI=1S/C20H17F2NO3/c1-12-19(20(25)26-11-13-5-3-2-4-6-13)15(10-18(24)23-12)14-7-8-16(21)17(22)9-14/h2-9,15H,10-11H2,1H3,(H,23,24). The molecule has 1 aliphatic heterocycles. The Hall–Kier alpha value is -3.02. The summed E-state index contributed by atoms with van der Waals surface area (Å²) in [6.45, 7) is 1.66. The van der Waals surface area contributed by atoms with Gasteiger partial charge in [0.1, 0.15) is 6.61 Å². The third-order valence-electron chi connectivity index (χ3n) is 4.25. The Morgan fingerprint density at radius 1 is 1.15 bits per heavy atom. The number of hydrogen-bond donors (Lipinski definition) is 1. The molecule has 134 valence electrons. The van der Waals surface area contributed by atoms with E-state index in [1.165, 1.54) is 6.07 Å². The molecule has 0 spiro atoms. The maximum absolute atomic E-state index is 13.6. The maximum Gasteiger partial charge on any atom is 0.336 e. The minimum absolute atomic E-state index is 0.0435. The second-order valence-electron chi connectivity index (χ2n) is 6.08. The lowest BCUT2D eigenvalue weighted by Gasteiger charge is -2.26. The van der Waals surface area contributed by atoms with Crippen LogP contribution in [0, 0.1) is 11.6 Å². The summed E-state index contributed by atoms with van der Waals surface area (Å²) < 4.78 is 32.2. The molecule has 1 heterocycles. The largest absolute Gasteiger partial charge is 0.457 e. The van der Waals surface area contributed by atoms with Crippen LogP contribution >= 0.6 is 0 Å². The second-order valence-corrected chi connectivity index (χ2v) is 6.08. The number of nitrogens with one attached hydrogen (secondary N) is 1. The molecule has 1 aliphatic rings. The molecular formula is C20H17F2NO3. The van der Waals surface area contributed by atoms with Crippen LogP contribution in [-0.4, -0.2) is 11.9 Å². The first kappa shape index (κ1) is 17.8. The molecule has 1 N–H and O–H groups in total. The summed E-state index contributed by atoms with van der Waals surface area (Å²) in [6, 6.07) is 12.5. The summed E-state index contributed by atoms with van der Waals surface area (Å²) in [5, 5.41) is 2.61. The molecule has 26 heavy (non-hydrogen) atoms. The molecule has 2 aromatic rings. The number of allylic oxidation sites excluding steroid dienone is 1. The van der Waals surface area contributed by atoms with E-state index in [-0.39, 0.29) is 24.5 Å². The quantitative estimate of drug-likeness (QED) is 0.851. The summed E-state index contributed by atoms with van der Waals surface area (Å²) in [6.07, 6.45) is -0.0435. The molecule has 1 amide bonds. The third-order valence-corrected chi connectivity index (χ3v) is 4.25. The number of carbonyl (C=O) groups excluding carboxylic acids is 2. The van der Waals surface area contributed by atoms with Gasteiger partial charge in [0.15, 0.2) is 11.6 Å². The van der Waals surface area contributed by atoms with Crippen molar-refractivity contribution < 1.29 is 23.1 Å². The molecule has 0 aromatic heterocycles. The molecule has 3 rings (SSSR count). The van der Waals surface area contributed by atoms with Gasteiger partial charge in [0.05, 0.1) is 5.57 Å². The van der Waals surface area contributed by atoms with Gasteiger partial charge in [0.25, 0.3) is 0 Å². The first-order chi connectivity index (χ1) is 12.5. The van der Waals surface area contributed by atoms with Gasteiger partial charge in [0.2, 0.25) is 5.91 Å². The van der Waals surface area contributed by atoms with Gasteiger partial charge in [-0.3, -0.25) is 4.79 Å². The fourth-order valence-electron chi connectivity index (χ4n) is 2.99. The van der Waals surface area contributed by atoms with Gasteiger partial charge in [-0.2, -0.15) is 0 Å². The second kappa shape index (κ2) is 7.47. The smallest absolute Gasteiger partial charge is 0.336 e. The highest BCUT2D eigenvalue weighted by molar-refractivity contribution is 5.95. The zero-order valence-corrected chi connectivity index (χ0v) is 14.1. The molecule has 0 saturated heterocycles. The molecule has 0 saturated carbocycles. The lowest BCUT2D eigenvalue weighted by atomic mass is 9.84. The number of halogens is 2. The van der Waals surface area contributed by atoms with Crippen molar-refractivity contribution in [3.63, 3.8) is 0 Å². The molecule has 0 aliphatic carbocycles. The minimum Gasteiger partial charge on any atom is -0.457 e.